The molecule has 2 bridgehead atoms. The van der Waals surface area contributed by atoms with E-state index in [-0.39, 0.29) is 5.60 Å². The van der Waals surface area contributed by atoms with Gasteiger partial charge in [-0.2, -0.15) is 0 Å². The van der Waals surface area contributed by atoms with Crippen molar-refractivity contribution in [3.8, 4) is 0 Å². The summed E-state index contributed by atoms with van der Waals surface area (Å²) in [4.78, 5) is 0. The van der Waals surface area contributed by atoms with Gasteiger partial charge in [0.25, 0.3) is 0 Å². The number of hydrogen-bond acceptors (Lipinski definition) is 2. The van der Waals surface area contributed by atoms with E-state index in [4.69, 9.17) is 4.52 Å². The van der Waals surface area contributed by atoms with Crippen LogP contribution in [0.25, 0.3) is 0 Å². The minimum absolute atomic E-state index is 0.114. The molecular formula is C18H25O2P. The molecule has 4 rings (SSSR count). The van der Waals surface area contributed by atoms with E-state index in [0.29, 0.717) is 11.3 Å². The van der Waals surface area contributed by atoms with Crippen molar-refractivity contribution in [3.05, 3.63) is 30.3 Å². The van der Waals surface area contributed by atoms with Crippen LogP contribution in [-0.2, 0) is 9.09 Å². The molecule has 1 aromatic carbocycles. The molecular weight excluding hydrogens is 279 g/mol. The molecule has 3 fully saturated rings. The van der Waals surface area contributed by atoms with Gasteiger partial charge >= 0.3 is 0 Å². The zero-order valence-electron chi connectivity index (χ0n) is 13.2. The molecule has 5 atom stereocenters. The third-order valence-electron chi connectivity index (χ3n) is 6.59. The fourth-order valence-corrected chi connectivity index (χ4v) is 7.67. The molecule has 0 amide bonds. The van der Waals surface area contributed by atoms with E-state index in [1.807, 2.05) is 37.0 Å². The predicted molar refractivity (Wildman–Crippen MR) is 86.1 cm³/mol. The number of rotatable bonds is 3. The molecule has 0 saturated heterocycles. The van der Waals surface area contributed by atoms with Crippen molar-refractivity contribution in [2.75, 3.05) is 6.66 Å². The topological polar surface area (TPSA) is 26.3 Å². The van der Waals surface area contributed by atoms with Crippen molar-refractivity contribution in [2.45, 2.75) is 45.1 Å². The van der Waals surface area contributed by atoms with E-state index in [2.05, 4.69) is 13.8 Å². The molecule has 0 N–H and O–H groups in total. The predicted octanol–water partition coefficient (Wildman–Crippen LogP) is 4.45. The number of hydrogen-bond donors (Lipinski definition) is 0. The van der Waals surface area contributed by atoms with E-state index in [1.54, 1.807) is 0 Å². The van der Waals surface area contributed by atoms with Gasteiger partial charge in [-0.05, 0) is 61.0 Å². The fraction of sp³-hybridized carbons (Fsp3) is 0.667. The van der Waals surface area contributed by atoms with Gasteiger partial charge < -0.3 is 4.52 Å². The Kier molecular flexibility index (Phi) is 2.83. The average molecular weight is 304 g/mol. The van der Waals surface area contributed by atoms with E-state index < -0.39 is 7.37 Å². The Morgan fingerprint density at radius 3 is 2.62 bits per heavy atom. The van der Waals surface area contributed by atoms with Crippen molar-refractivity contribution in [1.29, 1.82) is 0 Å². The molecule has 21 heavy (non-hydrogen) atoms. The minimum Gasteiger partial charge on any atom is -0.318 e. The van der Waals surface area contributed by atoms with E-state index in [0.717, 1.165) is 30.0 Å². The van der Waals surface area contributed by atoms with Crippen LogP contribution in [0.2, 0.25) is 0 Å². The molecule has 3 saturated carbocycles. The standard InChI is InChI=1S/C18H25O2P/c1-17(2)14-11-13-9-10-18(12-14,16(13)17)20-21(3,19)15-7-5-4-6-8-15/h4-8,13-14,16H,9-12H2,1-3H3/t13-,14-,16-,18-,21?/m0/s1. The number of fused-ring (bicyclic) bond motifs is 1. The van der Waals surface area contributed by atoms with Crippen molar-refractivity contribution in [1.82, 2.24) is 0 Å². The van der Waals surface area contributed by atoms with Crippen LogP contribution in [0.1, 0.15) is 39.5 Å². The molecule has 3 aliphatic rings. The smallest absolute Gasteiger partial charge is 0.229 e. The van der Waals surface area contributed by atoms with Gasteiger partial charge in [0.15, 0.2) is 0 Å². The minimum atomic E-state index is -2.74. The Bertz CT molecular complexity index is 609. The van der Waals surface area contributed by atoms with Crippen molar-refractivity contribution in [3.63, 3.8) is 0 Å². The van der Waals surface area contributed by atoms with Gasteiger partial charge in [-0.15, -0.1) is 0 Å². The summed E-state index contributed by atoms with van der Waals surface area (Å²) < 4.78 is 19.7. The summed E-state index contributed by atoms with van der Waals surface area (Å²) in [7, 11) is -2.74. The Morgan fingerprint density at radius 1 is 1.24 bits per heavy atom. The lowest BCUT2D eigenvalue weighted by Gasteiger charge is -2.37. The first-order chi connectivity index (χ1) is 9.85. The summed E-state index contributed by atoms with van der Waals surface area (Å²) in [5.74, 6) is 2.16. The maximum Gasteiger partial charge on any atom is 0.229 e. The number of benzene rings is 1. The van der Waals surface area contributed by atoms with Gasteiger partial charge in [-0.25, -0.2) is 0 Å². The summed E-state index contributed by atoms with van der Waals surface area (Å²) in [5.41, 5.74) is 0.245. The molecule has 2 nitrogen and oxygen atoms in total. The van der Waals surface area contributed by atoms with Crippen LogP contribution in [0.3, 0.4) is 0 Å². The van der Waals surface area contributed by atoms with E-state index in [9.17, 15) is 4.57 Å². The van der Waals surface area contributed by atoms with E-state index in [1.165, 1.54) is 12.8 Å². The first kappa shape index (κ1) is 14.0. The summed E-state index contributed by atoms with van der Waals surface area (Å²) in [6, 6.07) is 9.77. The molecule has 0 aromatic heterocycles. The molecule has 3 aliphatic carbocycles. The SMILES string of the molecule is CC1(C)[C@H]2C[C@@H]3CC[C@](OP(C)(=O)c4ccccc4)(C2)[C@@H]31. The quantitative estimate of drug-likeness (QED) is 0.771. The van der Waals surface area contributed by atoms with E-state index >= 15 is 0 Å². The van der Waals surface area contributed by atoms with Crippen LogP contribution < -0.4 is 5.30 Å². The highest BCUT2D eigenvalue weighted by molar-refractivity contribution is 7.66. The highest BCUT2D eigenvalue weighted by Crippen LogP contribution is 2.73. The lowest BCUT2D eigenvalue weighted by Crippen LogP contribution is -2.38. The molecule has 1 aromatic rings. The van der Waals surface area contributed by atoms with Crippen LogP contribution in [0.5, 0.6) is 0 Å². The monoisotopic (exact) mass is 304 g/mol. The molecule has 0 spiro atoms. The highest BCUT2D eigenvalue weighted by Gasteiger charge is 2.69. The van der Waals surface area contributed by atoms with Crippen LogP contribution in [0, 0.1) is 23.2 Å². The molecule has 0 aliphatic heterocycles. The van der Waals surface area contributed by atoms with Crippen LogP contribution in [0.15, 0.2) is 30.3 Å². The normalized spacial score (nSPS) is 42.1. The second-order valence-electron chi connectivity index (χ2n) is 8.07. The Morgan fingerprint density at radius 2 is 1.95 bits per heavy atom. The lowest BCUT2D eigenvalue weighted by molar-refractivity contribution is 0.0196. The summed E-state index contributed by atoms with van der Waals surface area (Å²) >= 11 is 0. The van der Waals surface area contributed by atoms with Gasteiger partial charge in [0.1, 0.15) is 0 Å². The molecule has 114 valence electrons. The largest absolute Gasteiger partial charge is 0.318 e. The van der Waals surface area contributed by atoms with Crippen LogP contribution >= 0.6 is 7.37 Å². The van der Waals surface area contributed by atoms with Gasteiger partial charge in [-0.3, -0.25) is 4.57 Å². The summed E-state index contributed by atoms with van der Waals surface area (Å²) in [5, 5.41) is 0.864. The fourth-order valence-electron chi connectivity index (χ4n) is 5.87. The molecule has 0 radical (unpaired) electrons. The lowest BCUT2D eigenvalue weighted by atomic mass is 9.78. The zero-order chi connectivity index (χ0) is 14.9. The first-order valence-corrected chi connectivity index (χ1v) is 10.3. The average Bonchev–Trinajstić information content (AvgIpc) is 2.90. The molecule has 1 unspecified atom stereocenters. The maximum absolute atomic E-state index is 13.2. The third-order valence-corrected chi connectivity index (χ3v) is 8.54. The third kappa shape index (κ3) is 1.85. The Hall–Kier alpha value is -0.590. The second kappa shape index (κ2) is 4.24. The van der Waals surface area contributed by atoms with Gasteiger partial charge in [0, 0.05) is 12.0 Å². The molecule has 0 heterocycles. The zero-order valence-corrected chi connectivity index (χ0v) is 14.1. The second-order valence-corrected chi connectivity index (χ2v) is 10.5. The molecule has 3 heteroatoms. The van der Waals surface area contributed by atoms with Crippen molar-refractivity contribution >= 4 is 12.7 Å². The Labute approximate surface area is 127 Å². The first-order valence-electron chi connectivity index (χ1n) is 8.19. The van der Waals surface area contributed by atoms with Crippen LogP contribution in [0.4, 0.5) is 0 Å². The van der Waals surface area contributed by atoms with Gasteiger partial charge in [0.05, 0.1) is 5.60 Å². The van der Waals surface area contributed by atoms with Gasteiger partial charge in [0.2, 0.25) is 7.37 Å². The maximum atomic E-state index is 13.2. The van der Waals surface area contributed by atoms with Crippen LogP contribution in [-0.4, -0.2) is 12.3 Å². The highest BCUT2D eigenvalue weighted by atomic mass is 31.2. The summed E-state index contributed by atoms with van der Waals surface area (Å²) in [6.45, 7) is 6.62. The van der Waals surface area contributed by atoms with Crippen molar-refractivity contribution < 1.29 is 9.09 Å². The summed E-state index contributed by atoms with van der Waals surface area (Å²) in [6.07, 6.45) is 4.85. The van der Waals surface area contributed by atoms with Gasteiger partial charge in [-0.1, -0.05) is 32.0 Å². The van der Waals surface area contributed by atoms with Crippen molar-refractivity contribution in [2.24, 2.45) is 23.2 Å². The Balaban J connectivity index is 1.68.